The zero-order valence-electron chi connectivity index (χ0n) is 14.1. The molecule has 1 N–H and O–H groups in total. The highest BCUT2D eigenvalue weighted by atomic mass is 32.1. The van der Waals surface area contributed by atoms with Crippen LogP contribution in [0.25, 0.3) is 11.0 Å². The van der Waals surface area contributed by atoms with Crippen LogP contribution < -0.4 is 5.32 Å². The Kier molecular flexibility index (Phi) is 4.26. The number of benzene rings is 2. The third-order valence-corrected chi connectivity index (χ3v) is 4.98. The maximum absolute atomic E-state index is 12.5. The SMILES string of the molecule is COC(=O)N1CCc2ccc(NC(=O)c3ccc4nsnc4c3)cc2C1. The van der Waals surface area contributed by atoms with Crippen LogP contribution in [0.1, 0.15) is 21.5 Å². The number of aromatic nitrogens is 2. The Hall–Kier alpha value is -3.00. The third-order valence-electron chi connectivity index (χ3n) is 4.43. The van der Waals surface area contributed by atoms with Gasteiger partial charge in [0.15, 0.2) is 0 Å². The fourth-order valence-electron chi connectivity index (χ4n) is 3.05. The van der Waals surface area contributed by atoms with Gasteiger partial charge in [-0.3, -0.25) is 4.79 Å². The van der Waals surface area contributed by atoms with Gasteiger partial charge in [-0.05, 0) is 47.9 Å². The minimum absolute atomic E-state index is 0.208. The molecule has 0 saturated carbocycles. The largest absolute Gasteiger partial charge is 0.453 e. The number of hydrogen-bond acceptors (Lipinski definition) is 6. The lowest BCUT2D eigenvalue weighted by Crippen LogP contribution is -2.35. The van der Waals surface area contributed by atoms with Gasteiger partial charge in [0.1, 0.15) is 11.0 Å². The molecule has 4 rings (SSSR count). The number of anilines is 1. The predicted molar refractivity (Wildman–Crippen MR) is 98.3 cm³/mol. The number of fused-ring (bicyclic) bond motifs is 2. The van der Waals surface area contributed by atoms with Crippen molar-refractivity contribution in [3.8, 4) is 0 Å². The highest BCUT2D eigenvalue weighted by Gasteiger charge is 2.21. The number of ether oxygens (including phenoxy) is 1. The summed E-state index contributed by atoms with van der Waals surface area (Å²) in [5, 5.41) is 2.90. The van der Waals surface area contributed by atoms with Crippen molar-refractivity contribution in [3.63, 3.8) is 0 Å². The minimum Gasteiger partial charge on any atom is -0.453 e. The first kappa shape index (κ1) is 16.5. The van der Waals surface area contributed by atoms with Crippen molar-refractivity contribution in [3.05, 3.63) is 53.1 Å². The number of nitrogens with one attached hydrogen (secondary N) is 1. The Bertz CT molecular complexity index is 1000. The van der Waals surface area contributed by atoms with Crippen molar-refractivity contribution in [1.29, 1.82) is 0 Å². The summed E-state index contributed by atoms with van der Waals surface area (Å²) >= 11 is 1.12. The van der Waals surface area contributed by atoms with Crippen molar-refractivity contribution < 1.29 is 14.3 Å². The van der Waals surface area contributed by atoms with Crippen molar-refractivity contribution in [2.45, 2.75) is 13.0 Å². The molecule has 0 radical (unpaired) electrons. The first-order valence-electron chi connectivity index (χ1n) is 8.12. The van der Waals surface area contributed by atoms with E-state index in [1.54, 1.807) is 23.1 Å². The minimum atomic E-state index is -0.338. The molecule has 1 aliphatic rings. The Labute approximate surface area is 153 Å². The quantitative estimate of drug-likeness (QED) is 0.751. The van der Waals surface area contributed by atoms with Gasteiger partial charge < -0.3 is 15.0 Å². The summed E-state index contributed by atoms with van der Waals surface area (Å²) in [6.07, 6.45) is 0.432. The van der Waals surface area contributed by atoms with Crippen molar-refractivity contribution in [2.24, 2.45) is 0 Å². The Morgan fingerprint density at radius 2 is 1.96 bits per heavy atom. The summed E-state index contributed by atoms with van der Waals surface area (Å²) in [5.41, 5.74) is 4.90. The molecule has 1 aliphatic heterocycles. The third kappa shape index (κ3) is 3.11. The topological polar surface area (TPSA) is 84.4 Å². The number of amides is 2. The highest BCUT2D eigenvalue weighted by molar-refractivity contribution is 7.00. The van der Waals surface area contributed by atoms with E-state index in [0.717, 1.165) is 29.2 Å². The number of carbonyl (C=O) groups excluding carboxylic acids is 2. The first-order valence-corrected chi connectivity index (χ1v) is 8.85. The van der Waals surface area contributed by atoms with Crippen LogP contribution in [0.15, 0.2) is 36.4 Å². The van der Waals surface area contributed by atoms with E-state index in [0.29, 0.717) is 29.9 Å². The Morgan fingerprint density at radius 1 is 1.12 bits per heavy atom. The van der Waals surface area contributed by atoms with Crippen LogP contribution in [-0.2, 0) is 17.7 Å². The maximum atomic E-state index is 12.5. The van der Waals surface area contributed by atoms with Crippen LogP contribution in [0.4, 0.5) is 10.5 Å². The summed E-state index contributed by atoms with van der Waals surface area (Å²) in [7, 11) is 1.38. The molecule has 0 bridgehead atoms. The lowest BCUT2D eigenvalue weighted by Gasteiger charge is -2.28. The fraction of sp³-hybridized carbons (Fsp3) is 0.222. The molecule has 0 spiro atoms. The number of nitrogens with zero attached hydrogens (tertiary/aromatic N) is 3. The van der Waals surface area contributed by atoms with Gasteiger partial charge in [-0.25, -0.2) is 4.79 Å². The van der Waals surface area contributed by atoms with E-state index in [2.05, 4.69) is 14.1 Å². The molecular formula is C18H16N4O3S. The molecule has 0 saturated heterocycles. The van der Waals surface area contributed by atoms with Gasteiger partial charge in [-0.15, -0.1) is 0 Å². The van der Waals surface area contributed by atoms with Crippen LogP contribution in [0.3, 0.4) is 0 Å². The number of methoxy groups -OCH3 is 1. The highest BCUT2D eigenvalue weighted by Crippen LogP contribution is 2.24. The molecule has 2 amide bonds. The molecule has 132 valence electrons. The van der Waals surface area contributed by atoms with Gasteiger partial charge in [0.05, 0.1) is 18.8 Å². The summed E-state index contributed by atoms with van der Waals surface area (Å²) in [6, 6.07) is 11.0. The van der Waals surface area contributed by atoms with Crippen LogP contribution in [0.2, 0.25) is 0 Å². The van der Waals surface area contributed by atoms with E-state index in [1.807, 2.05) is 18.2 Å². The molecule has 2 aromatic carbocycles. The molecule has 3 aromatic rings. The predicted octanol–water partition coefficient (Wildman–Crippen LogP) is 3.07. The van der Waals surface area contributed by atoms with Gasteiger partial charge in [-0.1, -0.05) is 6.07 Å². The van der Waals surface area contributed by atoms with Crippen LogP contribution in [-0.4, -0.2) is 39.3 Å². The lowest BCUT2D eigenvalue weighted by molar-refractivity contribution is 0.102. The van der Waals surface area contributed by atoms with Gasteiger partial charge >= 0.3 is 6.09 Å². The van der Waals surface area contributed by atoms with Crippen LogP contribution >= 0.6 is 11.7 Å². The standard InChI is InChI=1S/C18H16N4O3S/c1-25-18(24)22-7-6-11-2-4-14(8-13(11)10-22)19-17(23)12-3-5-15-16(9-12)21-26-20-15/h2-5,8-9H,6-7,10H2,1H3,(H,19,23). The smallest absolute Gasteiger partial charge is 0.409 e. The molecule has 8 heteroatoms. The molecule has 7 nitrogen and oxygen atoms in total. The fourth-order valence-corrected chi connectivity index (χ4v) is 3.56. The summed E-state index contributed by atoms with van der Waals surface area (Å²) < 4.78 is 13.1. The van der Waals surface area contributed by atoms with E-state index in [-0.39, 0.29) is 12.0 Å². The molecule has 0 atom stereocenters. The second-order valence-corrected chi connectivity index (χ2v) is 6.58. The van der Waals surface area contributed by atoms with E-state index < -0.39 is 0 Å². The molecule has 0 unspecified atom stereocenters. The normalized spacial score (nSPS) is 13.3. The molecule has 26 heavy (non-hydrogen) atoms. The number of rotatable bonds is 2. The van der Waals surface area contributed by atoms with E-state index >= 15 is 0 Å². The Balaban J connectivity index is 1.53. The first-order chi connectivity index (χ1) is 12.6. The summed E-state index contributed by atoms with van der Waals surface area (Å²) in [5.74, 6) is -0.208. The average Bonchev–Trinajstić information content (AvgIpc) is 3.14. The van der Waals surface area contributed by atoms with E-state index in [4.69, 9.17) is 4.74 Å². The second-order valence-electron chi connectivity index (χ2n) is 6.05. The van der Waals surface area contributed by atoms with E-state index in [9.17, 15) is 9.59 Å². The van der Waals surface area contributed by atoms with Gasteiger partial charge in [0, 0.05) is 24.3 Å². The van der Waals surface area contributed by atoms with Crippen molar-refractivity contribution in [2.75, 3.05) is 19.0 Å². The second kappa shape index (κ2) is 6.72. The molecule has 0 aliphatic carbocycles. The molecule has 1 aromatic heterocycles. The molecule has 0 fully saturated rings. The maximum Gasteiger partial charge on any atom is 0.409 e. The zero-order chi connectivity index (χ0) is 18.1. The average molecular weight is 368 g/mol. The molecule has 2 heterocycles. The monoisotopic (exact) mass is 368 g/mol. The van der Waals surface area contributed by atoms with Crippen LogP contribution in [0, 0.1) is 0 Å². The lowest BCUT2D eigenvalue weighted by atomic mass is 9.99. The zero-order valence-corrected chi connectivity index (χ0v) is 14.9. The van der Waals surface area contributed by atoms with Crippen LogP contribution in [0.5, 0.6) is 0 Å². The van der Waals surface area contributed by atoms with Crippen molar-refractivity contribution >= 4 is 40.4 Å². The van der Waals surface area contributed by atoms with E-state index in [1.165, 1.54) is 12.7 Å². The van der Waals surface area contributed by atoms with Gasteiger partial charge in [-0.2, -0.15) is 8.75 Å². The van der Waals surface area contributed by atoms with Crippen molar-refractivity contribution in [1.82, 2.24) is 13.6 Å². The molecular weight excluding hydrogens is 352 g/mol. The Morgan fingerprint density at radius 3 is 2.81 bits per heavy atom. The van der Waals surface area contributed by atoms with Gasteiger partial charge in [0.2, 0.25) is 0 Å². The number of carbonyl (C=O) groups is 2. The number of hydrogen-bond donors (Lipinski definition) is 1. The summed E-state index contributed by atoms with van der Waals surface area (Å²) in [4.78, 5) is 25.9. The summed E-state index contributed by atoms with van der Waals surface area (Å²) in [6.45, 7) is 1.11. The van der Waals surface area contributed by atoms with Gasteiger partial charge in [0.25, 0.3) is 5.91 Å².